The molecular formula is C22H17N3O4. The molecule has 0 fully saturated rings. The van der Waals surface area contributed by atoms with Crippen molar-refractivity contribution in [2.45, 2.75) is 0 Å². The maximum absolute atomic E-state index is 13.0. The monoisotopic (exact) mass is 387 g/mol. The van der Waals surface area contributed by atoms with E-state index in [1.165, 1.54) is 0 Å². The largest absolute Gasteiger partial charge is 0.454 e. The quantitative estimate of drug-likeness (QED) is 0.564. The molecule has 0 unspecified atom stereocenters. The minimum absolute atomic E-state index is 0.189. The second-order valence-corrected chi connectivity index (χ2v) is 6.60. The van der Waals surface area contributed by atoms with Crippen LogP contribution in [0.3, 0.4) is 0 Å². The maximum atomic E-state index is 13.0. The van der Waals surface area contributed by atoms with Crippen LogP contribution < -0.4 is 19.5 Å². The van der Waals surface area contributed by atoms with E-state index in [4.69, 9.17) is 14.2 Å². The standard InChI is InChI=1S/C22H17N3O4/c1-25-12-16(15-5-2-3-7-18(15)25)21(26)24-17-6-4-10-23-22(17)29-14-8-9-19-20(11-14)28-13-27-19/h2-12H,13H2,1H3,(H,24,26). The van der Waals surface area contributed by atoms with Crippen molar-refractivity contribution < 1.29 is 19.0 Å². The third-order valence-corrected chi connectivity index (χ3v) is 4.72. The summed E-state index contributed by atoms with van der Waals surface area (Å²) < 4.78 is 18.5. The Hall–Kier alpha value is -4.00. The van der Waals surface area contributed by atoms with E-state index < -0.39 is 0 Å². The van der Waals surface area contributed by atoms with E-state index in [0.717, 1.165) is 10.9 Å². The van der Waals surface area contributed by atoms with Gasteiger partial charge >= 0.3 is 0 Å². The number of aryl methyl sites for hydroxylation is 1. The summed E-state index contributed by atoms with van der Waals surface area (Å²) in [6.45, 7) is 0.189. The summed E-state index contributed by atoms with van der Waals surface area (Å²) >= 11 is 0. The first-order valence-corrected chi connectivity index (χ1v) is 9.07. The average molecular weight is 387 g/mol. The van der Waals surface area contributed by atoms with Crippen molar-refractivity contribution in [3.05, 3.63) is 72.6 Å². The van der Waals surface area contributed by atoms with Crippen LogP contribution >= 0.6 is 0 Å². The molecule has 0 aliphatic carbocycles. The van der Waals surface area contributed by atoms with Crippen molar-refractivity contribution in [2.75, 3.05) is 12.1 Å². The lowest BCUT2D eigenvalue weighted by molar-refractivity contribution is 0.102. The highest BCUT2D eigenvalue weighted by Crippen LogP contribution is 2.37. The molecule has 2 aromatic heterocycles. The van der Waals surface area contributed by atoms with Gasteiger partial charge in [0.15, 0.2) is 11.5 Å². The molecule has 0 radical (unpaired) electrons. The summed E-state index contributed by atoms with van der Waals surface area (Å²) in [5.41, 5.74) is 2.05. The number of carbonyl (C=O) groups is 1. The third kappa shape index (κ3) is 3.12. The number of fused-ring (bicyclic) bond motifs is 2. The molecule has 7 heteroatoms. The Morgan fingerprint density at radius 1 is 1.10 bits per heavy atom. The van der Waals surface area contributed by atoms with E-state index in [1.807, 2.05) is 42.1 Å². The van der Waals surface area contributed by atoms with Crippen LogP contribution in [0.15, 0.2) is 67.0 Å². The van der Waals surface area contributed by atoms with Gasteiger partial charge in [0.25, 0.3) is 5.91 Å². The number of pyridine rings is 1. The number of para-hydroxylation sites is 1. The molecule has 3 heterocycles. The van der Waals surface area contributed by atoms with Gasteiger partial charge in [0.1, 0.15) is 11.4 Å². The molecule has 0 saturated heterocycles. The predicted octanol–water partition coefficient (Wildman–Crippen LogP) is 4.35. The van der Waals surface area contributed by atoms with E-state index >= 15 is 0 Å². The highest BCUT2D eigenvalue weighted by Gasteiger charge is 2.18. The molecule has 0 spiro atoms. The molecule has 1 aliphatic heterocycles. The lowest BCUT2D eigenvalue weighted by Gasteiger charge is -2.11. The first-order valence-electron chi connectivity index (χ1n) is 9.07. The van der Waals surface area contributed by atoms with Gasteiger partial charge < -0.3 is 24.1 Å². The van der Waals surface area contributed by atoms with Gasteiger partial charge in [-0.25, -0.2) is 4.98 Å². The predicted molar refractivity (Wildman–Crippen MR) is 108 cm³/mol. The number of amides is 1. The van der Waals surface area contributed by atoms with E-state index in [-0.39, 0.29) is 12.7 Å². The Morgan fingerprint density at radius 2 is 1.97 bits per heavy atom. The highest BCUT2D eigenvalue weighted by molar-refractivity contribution is 6.13. The number of nitrogens with zero attached hydrogens (tertiary/aromatic N) is 2. The van der Waals surface area contributed by atoms with Crippen molar-refractivity contribution >= 4 is 22.5 Å². The molecule has 144 valence electrons. The third-order valence-electron chi connectivity index (χ3n) is 4.72. The van der Waals surface area contributed by atoms with Crippen molar-refractivity contribution in [3.63, 3.8) is 0 Å². The number of hydrogen-bond donors (Lipinski definition) is 1. The number of carbonyl (C=O) groups excluding carboxylic acids is 1. The lowest BCUT2D eigenvalue weighted by Crippen LogP contribution is -2.12. The SMILES string of the molecule is Cn1cc(C(=O)Nc2cccnc2Oc2ccc3c(c2)OCO3)c2ccccc21. The van der Waals surface area contributed by atoms with Gasteiger partial charge in [0.05, 0.1) is 5.56 Å². The summed E-state index contributed by atoms with van der Waals surface area (Å²) in [5.74, 6) is 1.88. The first-order chi connectivity index (χ1) is 14.2. The molecule has 7 nitrogen and oxygen atoms in total. The van der Waals surface area contributed by atoms with E-state index in [2.05, 4.69) is 10.3 Å². The first kappa shape index (κ1) is 17.1. The zero-order valence-corrected chi connectivity index (χ0v) is 15.6. The van der Waals surface area contributed by atoms with Crippen molar-refractivity contribution in [3.8, 4) is 23.1 Å². The van der Waals surface area contributed by atoms with E-state index in [1.54, 1.807) is 36.5 Å². The summed E-state index contributed by atoms with van der Waals surface area (Å²) in [7, 11) is 1.91. The summed E-state index contributed by atoms with van der Waals surface area (Å²) in [5, 5.41) is 3.79. The molecule has 1 amide bonds. The van der Waals surface area contributed by atoms with Crippen LogP contribution in [0, 0.1) is 0 Å². The number of rotatable bonds is 4. The topological polar surface area (TPSA) is 74.6 Å². The van der Waals surface area contributed by atoms with Crippen LogP contribution in [0.5, 0.6) is 23.1 Å². The minimum atomic E-state index is -0.231. The summed E-state index contributed by atoms with van der Waals surface area (Å²) in [6, 6.07) is 16.5. The average Bonchev–Trinajstić information content (AvgIpc) is 3.34. The molecule has 0 saturated carbocycles. The normalized spacial score (nSPS) is 12.2. The Morgan fingerprint density at radius 3 is 2.90 bits per heavy atom. The molecule has 5 rings (SSSR count). The Bertz CT molecular complexity index is 1230. The smallest absolute Gasteiger partial charge is 0.257 e. The molecule has 0 bridgehead atoms. The molecule has 1 aliphatic rings. The van der Waals surface area contributed by atoms with Crippen LogP contribution in [-0.4, -0.2) is 22.3 Å². The number of hydrogen-bond acceptors (Lipinski definition) is 5. The maximum Gasteiger partial charge on any atom is 0.257 e. The Balaban J connectivity index is 1.43. The molecule has 0 atom stereocenters. The molecule has 2 aromatic carbocycles. The Labute approximate surface area is 166 Å². The number of benzene rings is 2. The van der Waals surface area contributed by atoms with Crippen LogP contribution in [0.1, 0.15) is 10.4 Å². The van der Waals surface area contributed by atoms with Crippen LogP contribution in [0.25, 0.3) is 10.9 Å². The number of nitrogens with one attached hydrogen (secondary N) is 1. The number of anilines is 1. The fraction of sp³-hybridized carbons (Fsp3) is 0.0909. The highest BCUT2D eigenvalue weighted by atomic mass is 16.7. The van der Waals surface area contributed by atoms with Crippen LogP contribution in [-0.2, 0) is 7.05 Å². The van der Waals surface area contributed by atoms with Gasteiger partial charge in [-0.05, 0) is 30.3 Å². The molecular weight excluding hydrogens is 370 g/mol. The van der Waals surface area contributed by atoms with Gasteiger partial charge in [-0.15, -0.1) is 0 Å². The fourth-order valence-corrected chi connectivity index (χ4v) is 3.33. The number of ether oxygens (including phenoxy) is 3. The van der Waals surface area contributed by atoms with Gasteiger partial charge in [-0.2, -0.15) is 0 Å². The van der Waals surface area contributed by atoms with Crippen LogP contribution in [0.2, 0.25) is 0 Å². The van der Waals surface area contributed by atoms with Crippen molar-refractivity contribution in [1.29, 1.82) is 0 Å². The second-order valence-electron chi connectivity index (χ2n) is 6.60. The molecule has 29 heavy (non-hydrogen) atoms. The Kier molecular flexibility index (Phi) is 4.05. The zero-order valence-electron chi connectivity index (χ0n) is 15.6. The van der Waals surface area contributed by atoms with E-state index in [0.29, 0.717) is 34.4 Å². The van der Waals surface area contributed by atoms with Gasteiger partial charge in [-0.3, -0.25) is 4.79 Å². The van der Waals surface area contributed by atoms with Crippen LogP contribution in [0.4, 0.5) is 5.69 Å². The van der Waals surface area contributed by atoms with Crippen molar-refractivity contribution in [1.82, 2.24) is 9.55 Å². The fourth-order valence-electron chi connectivity index (χ4n) is 3.33. The summed E-state index contributed by atoms with van der Waals surface area (Å²) in [4.78, 5) is 17.2. The van der Waals surface area contributed by atoms with E-state index in [9.17, 15) is 4.79 Å². The molecule has 4 aromatic rings. The lowest BCUT2D eigenvalue weighted by atomic mass is 10.1. The summed E-state index contributed by atoms with van der Waals surface area (Å²) in [6.07, 6.45) is 3.42. The second kappa shape index (κ2) is 6.87. The molecule has 1 N–H and O–H groups in total. The minimum Gasteiger partial charge on any atom is -0.454 e. The number of aromatic nitrogens is 2. The van der Waals surface area contributed by atoms with Gasteiger partial charge in [-0.1, -0.05) is 18.2 Å². The van der Waals surface area contributed by atoms with Gasteiger partial charge in [0.2, 0.25) is 12.7 Å². The zero-order chi connectivity index (χ0) is 19.8. The van der Waals surface area contributed by atoms with Crippen molar-refractivity contribution in [2.24, 2.45) is 7.05 Å². The van der Waals surface area contributed by atoms with Gasteiger partial charge in [0, 0.05) is 36.4 Å².